The van der Waals surface area contributed by atoms with Crippen LogP contribution in [0.25, 0.3) is 0 Å². The lowest BCUT2D eigenvalue weighted by atomic mass is 10.1. The van der Waals surface area contributed by atoms with Crippen molar-refractivity contribution in [3.8, 4) is 11.8 Å². The first-order valence-electron chi connectivity index (χ1n) is 7.95. The summed E-state index contributed by atoms with van der Waals surface area (Å²) >= 11 is 0. The SMILES string of the molecule is N#Cc1cccc(CNC(=O)CCN2C(=O)COc3ccccc32)c1. The molecule has 1 aliphatic heterocycles. The molecule has 0 fully saturated rings. The standard InChI is InChI=1S/C19H17N3O3/c20-11-14-4-3-5-15(10-14)12-21-18(23)8-9-22-16-6-1-2-7-17(16)25-13-19(22)24/h1-7,10H,8-9,12-13H2,(H,21,23). The number of anilines is 1. The third kappa shape index (κ3) is 3.96. The van der Waals surface area contributed by atoms with E-state index in [0.717, 1.165) is 5.56 Å². The average molecular weight is 335 g/mol. The molecule has 3 rings (SSSR count). The Kier molecular flexibility index (Phi) is 4.95. The molecule has 2 aromatic carbocycles. The quantitative estimate of drug-likeness (QED) is 0.906. The molecule has 2 aromatic rings. The van der Waals surface area contributed by atoms with Crippen LogP contribution in [0.2, 0.25) is 0 Å². The lowest BCUT2D eigenvalue weighted by molar-refractivity contribution is -0.122. The first kappa shape index (κ1) is 16.5. The Balaban J connectivity index is 1.56. The average Bonchev–Trinajstić information content (AvgIpc) is 2.65. The minimum absolute atomic E-state index is 0.0143. The Labute approximate surface area is 145 Å². The summed E-state index contributed by atoms with van der Waals surface area (Å²) in [5.41, 5.74) is 2.11. The normalized spacial score (nSPS) is 12.8. The van der Waals surface area contributed by atoms with Crippen LogP contribution in [-0.2, 0) is 16.1 Å². The van der Waals surface area contributed by atoms with E-state index >= 15 is 0 Å². The number of nitrogens with one attached hydrogen (secondary N) is 1. The van der Waals surface area contributed by atoms with Crippen molar-refractivity contribution in [2.24, 2.45) is 0 Å². The van der Waals surface area contributed by atoms with E-state index < -0.39 is 0 Å². The predicted molar refractivity (Wildman–Crippen MR) is 91.9 cm³/mol. The van der Waals surface area contributed by atoms with Crippen molar-refractivity contribution < 1.29 is 14.3 Å². The largest absolute Gasteiger partial charge is 0.482 e. The smallest absolute Gasteiger partial charge is 0.265 e. The molecule has 126 valence electrons. The molecule has 0 unspecified atom stereocenters. The van der Waals surface area contributed by atoms with E-state index in [4.69, 9.17) is 10.00 Å². The Morgan fingerprint density at radius 2 is 2.08 bits per heavy atom. The van der Waals surface area contributed by atoms with E-state index in [1.54, 1.807) is 35.2 Å². The Morgan fingerprint density at radius 1 is 1.24 bits per heavy atom. The number of nitriles is 1. The van der Waals surface area contributed by atoms with Gasteiger partial charge < -0.3 is 15.0 Å². The Hall–Kier alpha value is -3.33. The minimum Gasteiger partial charge on any atom is -0.482 e. The van der Waals surface area contributed by atoms with Crippen molar-refractivity contribution in [1.29, 1.82) is 5.26 Å². The molecule has 0 aromatic heterocycles. The molecule has 0 saturated carbocycles. The van der Waals surface area contributed by atoms with Gasteiger partial charge in [-0.25, -0.2) is 0 Å². The van der Waals surface area contributed by atoms with Crippen molar-refractivity contribution in [2.75, 3.05) is 18.1 Å². The molecule has 1 aliphatic rings. The number of hydrogen-bond donors (Lipinski definition) is 1. The summed E-state index contributed by atoms with van der Waals surface area (Å²) < 4.78 is 5.38. The fourth-order valence-corrected chi connectivity index (χ4v) is 2.65. The number of carbonyl (C=O) groups excluding carboxylic acids is 2. The number of hydrogen-bond acceptors (Lipinski definition) is 4. The Morgan fingerprint density at radius 3 is 2.92 bits per heavy atom. The fraction of sp³-hybridized carbons (Fsp3) is 0.211. The van der Waals surface area contributed by atoms with Crippen molar-refractivity contribution in [3.63, 3.8) is 0 Å². The monoisotopic (exact) mass is 335 g/mol. The van der Waals surface area contributed by atoms with Gasteiger partial charge in [-0.3, -0.25) is 9.59 Å². The third-order valence-electron chi connectivity index (χ3n) is 3.92. The van der Waals surface area contributed by atoms with E-state index in [-0.39, 0.29) is 24.8 Å². The molecule has 0 bridgehead atoms. The molecule has 0 spiro atoms. The van der Waals surface area contributed by atoms with E-state index in [0.29, 0.717) is 30.1 Å². The number of fused-ring (bicyclic) bond motifs is 1. The van der Waals surface area contributed by atoms with Crippen LogP contribution in [0, 0.1) is 11.3 Å². The van der Waals surface area contributed by atoms with Crippen LogP contribution in [0.4, 0.5) is 5.69 Å². The summed E-state index contributed by atoms with van der Waals surface area (Å²) in [4.78, 5) is 25.7. The lowest BCUT2D eigenvalue weighted by Gasteiger charge is -2.29. The van der Waals surface area contributed by atoms with Crippen molar-refractivity contribution in [3.05, 3.63) is 59.7 Å². The van der Waals surface area contributed by atoms with Gasteiger partial charge in [-0.15, -0.1) is 0 Å². The zero-order valence-electron chi connectivity index (χ0n) is 13.6. The maximum absolute atomic E-state index is 12.1. The first-order chi connectivity index (χ1) is 12.2. The van der Waals surface area contributed by atoms with Crippen LogP contribution in [-0.4, -0.2) is 25.0 Å². The molecule has 0 saturated heterocycles. The number of benzene rings is 2. The number of amides is 2. The highest BCUT2D eigenvalue weighted by Gasteiger charge is 2.25. The van der Waals surface area contributed by atoms with E-state index in [9.17, 15) is 9.59 Å². The highest BCUT2D eigenvalue weighted by atomic mass is 16.5. The fourth-order valence-electron chi connectivity index (χ4n) is 2.65. The van der Waals surface area contributed by atoms with Gasteiger partial charge >= 0.3 is 0 Å². The molecule has 2 amide bonds. The summed E-state index contributed by atoms with van der Waals surface area (Å²) in [6.07, 6.45) is 0.192. The molecule has 0 radical (unpaired) electrons. The molecule has 0 aliphatic carbocycles. The van der Waals surface area contributed by atoms with Crippen molar-refractivity contribution in [2.45, 2.75) is 13.0 Å². The molecule has 25 heavy (non-hydrogen) atoms. The summed E-state index contributed by atoms with van der Waals surface area (Å²) in [7, 11) is 0. The number of para-hydroxylation sites is 2. The van der Waals surface area contributed by atoms with Gasteiger partial charge in [-0.05, 0) is 29.8 Å². The lowest BCUT2D eigenvalue weighted by Crippen LogP contribution is -2.41. The first-order valence-corrected chi connectivity index (χ1v) is 7.95. The zero-order chi connectivity index (χ0) is 17.6. The van der Waals surface area contributed by atoms with E-state index in [1.165, 1.54) is 0 Å². The molecular formula is C19H17N3O3. The topological polar surface area (TPSA) is 82.4 Å². The van der Waals surface area contributed by atoms with Gasteiger partial charge in [-0.2, -0.15) is 5.26 Å². The van der Waals surface area contributed by atoms with Crippen LogP contribution in [0.15, 0.2) is 48.5 Å². The van der Waals surface area contributed by atoms with Gasteiger partial charge in [0.1, 0.15) is 5.75 Å². The van der Waals surface area contributed by atoms with Crippen LogP contribution in [0.1, 0.15) is 17.5 Å². The number of rotatable bonds is 5. The van der Waals surface area contributed by atoms with Crippen molar-refractivity contribution >= 4 is 17.5 Å². The second-order valence-electron chi connectivity index (χ2n) is 5.64. The van der Waals surface area contributed by atoms with Gasteiger partial charge in [0.15, 0.2) is 6.61 Å². The maximum Gasteiger partial charge on any atom is 0.265 e. The summed E-state index contributed by atoms with van der Waals surface area (Å²) in [5, 5.41) is 11.7. The van der Waals surface area contributed by atoms with Gasteiger partial charge in [-0.1, -0.05) is 24.3 Å². The second-order valence-corrected chi connectivity index (χ2v) is 5.64. The van der Waals surface area contributed by atoms with Crippen molar-refractivity contribution in [1.82, 2.24) is 5.32 Å². The molecule has 1 N–H and O–H groups in total. The van der Waals surface area contributed by atoms with E-state index in [2.05, 4.69) is 11.4 Å². The highest BCUT2D eigenvalue weighted by molar-refractivity contribution is 5.98. The van der Waals surface area contributed by atoms with Gasteiger partial charge in [0.2, 0.25) is 5.91 Å². The van der Waals surface area contributed by atoms with Crippen LogP contribution in [0.3, 0.4) is 0 Å². The minimum atomic E-state index is -0.159. The predicted octanol–water partition coefficient (Wildman–Crippen LogP) is 1.99. The molecular weight excluding hydrogens is 318 g/mol. The summed E-state index contributed by atoms with van der Waals surface area (Å²) in [5.74, 6) is 0.336. The molecule has 1 heterocycles. The van der Waals surface area contributed by atoms with Gasteiger partial charge in [0.25, 0.3) is 5.91 Å². The second kappa shape index (κ2) is 7.49. The number of carbonyl (C=O) groups is 2. The maximum atomic E-state index is 12.1. The highest BCUT2D eigenvalue weighted by Crippen LogP contribution is 2.31. The zero-order valence-corrected chi connectivity index (χ0v) is 13.6. The van der Waals surface area contributed by atoms with Crippen LogP contribution < -0.4 is 15.0 Å². The third-order valence-corrected chi connectivity index (χ3v) is 3.92. The number of ether oxygens (including phenoxy) is 1. The van der Waals surface area contributed by atoms with Crippen LogP contribution >= 0.6 is 0 Å². The van der Waals surface area contributed by atoms with Gasteiger partial charge in [0, 0.05) is 19.5 Å². The van der Waals surface area contributed by atoms with E-state index in [1.807, 2.05) is 18.2 Å². The molecule has 6 heteroatoms. The molecule has 6 nitrogen and oxygen atoms in total. The van der Waals surface area contributed by atoms with Gasteiger partial charge in [0.05, 0.1) is 17.3 Å². The summed E-state index contributed by atoms with van der Waals surface area (Å²) in [6, 6.07) is 16.4. The molecule has 0 atom stereocenters. The van der Waals surface area contributed by atoms with Crippen LogP contribution in [0.5, 0.6) is 5.75 Å². The number of nitrogens with zero attached hydrogens (tertiary/aromatic N) is 2. The Bertz CT molecular complexity index is 842. The summed E-state index contributed by atoms with van der Waals surface area (Å²) in [6.45, 7) is 0.630.